The van der Waals surface area contributed by atoms with Crippen LogP contribution in [0.15, 0.2) is 47.4 Å². The van der Waals surface area contributed by atoms with Crippen LogP contribution in [0.1, 0.15) is 48.9 Å². The van der Waals surface area contributed by atoms with Crippen LogP contribution in [0.5, 0.6) is 5.75 Å². The predicted octanol–water partition coefficient (Wildman–Crippen LogP) is 3.49. The van der Waals surface area contributed by atoms with Gasteiger partial charge in [0, 0.05) is 29.7 Å². The number of carbonyl (C=O) groups excluding carboxylic acids is 1. The van der Waals surface area contributed by atoms with Crippen molar-refractivity contribution in [1.29, 1.82) is 5.41 Å². The van der Waals surface area contributed by atoms with E-state index in [4.69, 9.17) is 22.7 Å². The van der Waals surface area contributed by atoms with Gasteiger partial charge in [-0.05, 0) is 55.7 Å². The molecule has 0 saturated heterocycles. The Morgan fingerprint density at radius 1 is 1.18 bits per heavy atom. The van der Waals surface area contributed by atoms with Crippen molar-refractivity contribution in [2.75, 3.05) is 18.4 Å². The van der Waals surface area contributed by atoms with E-state index in [-0.39, 0.29) is 40.4 Å². The van der Waals surface area contributed by atoms with E-state index in [2.05, 4.69) is 10.6 Å². The van der Waals surface area contributed by atoms with E-state index in [1.165, 1.54) is 46.8 Å². The van der Waals surface area contributed by atoms with Crippen LogP contribution in [-0.2, 0) is 10.0 Å². The SMILES string of the molecule is N=C(N)NCCCN(C1CCCCC1)S(=O)(=O)c1cccc(C(=O)Nc2cc(Cl)ccc2O)c1. The monoisotopic (exact) mass is 507 g/mol. The first-order chi connectivity index (χ1) is 16.2. The first-order valence-electron chi connectivity index (χ1n) is 11.2. The van der Waals surface area contributed by atoms with Gasteiger partial charge in [-0.2, -0.15) is 4.31 Å². The topological polar surface area (TPSA) is 149 Å². The van der Waals surface area contributed by atoms with Crippen LogP contribution in [0, 0.1) is 5.41 Å². The number of carbonyl (C=O) groups is 1. The second-order valence-corrected chi connectivity index (χ2v) is 10.6. The van der Waals surface area contributed by atoms with Crippen LogP contribution < -0.4 is 16.4 Å². The smallest absolute Gasteiger partial charge is 0.255 e. The lowest BCUT2D eigenvalue weighted by atomic mass is 9.95. The van der Waals surface area contributed by atoms with Gasteiger partial charge in [0.25, 0.3) is 5.91 Å². The molecule has 2 aromatic carbocycles. The van der Waals surface area contributed by atoms with Crippen LogP contribution in [-0.4, -0.2) is 48.8 Å². The number of aromatic hydroxyl groups is 1. The van der Waals surface area contributed by atoms with Gasteiger partial charge in [0.1, 0.15) is 5.75 Å². The Morgan fingerprint density at radius 3 is 2.62 bits per heavy atom. The molecule has 0 radical (unpaired) electrons. The number of nitrogens with zero attached hydrogens (tertiary/aromatic N) is 1. The third-order valence-corrected chi connectivity index (χ3v) is 7.95. The van der Waals surface area contributed by atoms with Crippen molar-refractivity contribution >= 4 is 39.2 Å². The van der Waals surface area contributed by atoms with Crippen LogP contribution in [0.4, 0.5) is 5.69 Å². The number of hydrogen-bond donors (Lipinski definition) is 5. The normalized spacial score (nSPS) is 14.6. The number of phenolic OH excluding ortho intramolecular Hbond substituents is 1. The van der Waals surface area contributed by atoms with Gasteiger partial charge in [-0.3, -0.25) is 10.2 Å². The third-order valence-electron chi connectivity index (χ3n) is 5.76. The van der Waals surface area contributed by atoms with Crippen LogP contribution in [0.25, 0.3) is 0 Å². The van der Waals surface area contributed by atoms with Crippen LogP contribution >= 0.6 is 11.6 Å². The van der Waals surface area contributed by atoms with Gasteiger partial charge in [-0.25, -0.2) is 8.42 Å². The third kappa shape index (κ3) is 6.62. The van der Waals surface area contributed by atoms with Gasteiger partial charge < -0.3 is 21.5 Å². The molecule has 1 amide bonds. The fourth-order valence-corrected chi connectivity index (χ4v) is 6.00. The van der Waals surface area contributed by atoms with Crippen LogP contribution in [0.3, 0.4) is 0 Å². The van der Waals surface area contributed by atoms with E-state index >= 15 is 0 Å². The number of nitrogens with one attached hydrogen (secondary N) is 3. The maximum Gasteiger partial charge on any atom is 0.255 e. The molecule has 1 aliphatic carbocycles. The lowest BCUT2D eigenvalue weighted by Gasteiger charge is -2.33. The Bertz CT molecular complexity index is 1140. The molecular weight excluding hydrogens is 478 g/mol. The Balaban J connectivity index is 1.83. The first-order valence-corrected chi connectivity index (χ1v) is 13.0. The molecule has 0 heterocycles. The van der Waals surface area contributed by atoms with Crippen molar-refractivity contribution in [2.24, 2.45) is 5.73 Å². The molecule has 0 aromatic heterocycles. The standard InChI is InChI=1S/C23H30ClN5O4S/c24-17-10-11-21(30)20(15-17)28-22(31)16-6-4-9-19(14-16)34(32,33)29(13-5-12-27-23(25)26)18-7-2-1-3-8-18/h4,6,9-11,14-15,18,30H,1-3,5,7-8,12-13H2,(H,28,31)(H4,25,26,27). The molecule has 0 spiro atoms. The summed E-state index contributed by atoms with van der Waals surface area (Å²) in [7, 11) is -3.88. The molecule has 34 heavy (non-hydrogen) atoms. The number of guanidine groups is 1. The zero-order valence-corrected chi connectivity index (χ0v) is 20.3. The number of nitrogens with two attached hydrogens (primary N) is 1. The van der Waals surface area contributed by atoms with Crippen molar-refractivity contribution in [3.63, 3.8) is 0 Å². The summed E-state index contributed by atoms with van der Waals surface area (Å²) in [5.41, 5.74) is 5.60. The summed E-state index contributed by atoms with van der Waals surface area (Å²) < 4.78 is 28.8. The van der Waals surface area contributed by atoms with Crippen molar-refractivity contribution in [3.05, 3.63) is 53.1 Å². The summed E-state index contributed by atoms with van der Waals surface area (Å²) >= 11 is 5.94. The predicted molar refractivity (Wildman–Crippen MR) is 133 cm³/mol. The summed E-state index contributed by atoms with van der Waals surface area (Å²) in [6, 6.07) is 10.0. The van der Waals surface area contributed by atoms with Gasteiger partial charge in [0.05, 0.1) is 10.6 Å². The van der Waals surface area contributed by atoms with E-state index < -0.39 is 15.9 Å². The van der Waals surface area contributed by atoms with E-state index in [1.807, 2.05) is 0 Å². The molecule has 11 heteroatoms. The van der Waals surface area contributed by atoms with Gasteiger partial charge >= 0.3 is 0 Å². The second-order valence-electron chi connectivity index (χ2n) is 8.25. The molecule has 3 rings (SSSR count). The average Bonchev–Trinajstić information content (AvgIpc) is 2.81. The Morgan fingerprint density at radius 2 is 1.91 bits per heavy atom. The van der Waals surface area contributed by atoms with Crippen molar-refractivity contribution < 1.29 is 18.3 Å². The number of halogens is 1. The quantitative estimate of drug-likeness (QED) is 0.152. The number of phenols is 1. The molecule has 1 saturated carbocycles. The highest BCUT2D eigenvalue weighted by molar-refractivity contribution is 7.89. The maximum atomic E-state index is 13.6. The zero-order chi connectivity index (χ0) is 24.7. The number of sulfonamides is 1. The summed E-state index contributed by atoms with van der Waals surface area (Å²) in [5.74, 6) is -0.870. The van der Waals surface area contributed by atoms with Crippen LogP contribution in [0.2, 0.25) is 5.02 Å². The fraction of sp³-hybridized carbons (Fsp3) is 0.391. The minimum absolute atomic E-state index is 0.0283. The maximum absolute atomic E-state index is 13.6. The number of hydrogen-bond acceptors (Lipinski definition) is 5. The van der Waals surface area contributed by atoms with E-state index in [9.17, 15) is 18.3 Å². The average molecular weight is 508 g/mol. The first kappa shape index (κ1) is 25.8. The molecule has 6 N–H and O–H groups in total. The van der Waals surface area contributed by atoms with Crippen molar-refractivity contribution in [1.82, 2.24) is 9.62 Å². The highest BCUT2D eigenvalue weighted by atomic mass is 35.5. The van der Waals surface area contributed by atoms with E-state index in [0.717, 1.165) is 32.1 Å². The van der Waals surface area contributed by atoms with Gasteiger partial charge in [-0.15, -0.1) is 0 Å². The highest BCUT2D eigenvalue weighted by Gasteiger charge is 2.32. The van der Waals surface area contributed by atoms with Crippen molar-refractivity contribution in [3.8, 4) is 5.75 Å². The fourth-order valence-electron chi connectivity index (χ4n) is 4.06. The zero-order valence-electron chi connectivity index (χ0n) is 18.8. The van der Waals surface area contributed by atoms with Crippen molar-refractivity contribution in [2.45, 2.75) is 49.5 Å². The Hall–Kier alpha value is -2.82. The largest absolute Gasteiger partial charge is 0.506 e. The minimum Gasteiger partial charge on any atom is -0.506 e. The minimum atomic E-state index is -3.88. The lowest BCUT2D eigenvalue weighted by Crippen LogP contribution is -2.43. The molecule has 0 aliphatic heterocycles. The summed E-state index contributed by atoms with van der Waals surface area (Å²) in [5, 5.41) is 22.9. The van der Waals surface area contributed by atoms with Gasteiger partial charge in [-0.1, -0.05) is 36.9 Å². The summed E-state index contributed by atoms with van der Waals surface area (Å²) in [6.07, 6.45) is 5.08. The molecule has 2 aromatic rings. The van der Waals surface area contributed by atoms with E-state index in [1.54, 1.807) is 0 Å². The Labute approximate surface area is 204 Å². The molecule has 0 atom stereocenters. The highest BCUT2D eigenvalue weighted by Crippen LogP contribution is 2.30. The molecule has 9 nitrogen and oxygen atoms in total. The summed E-state index contributed by atoms with van der Waals surface area (Å²) in [6.45, 7) is 0.666. The number of rotatable bonds is 9. The molecule has 1 aliphatic rings. The summed E-state index contributed by atoms with van der Waals surface area (Å²) in [4.78, 5) is 12.8. The molecule has 184 valence electrons. The molecule has 1 fully saturated rings. The number of benzene rings is 2. The molecule has 0 unspecified atom stereocenters. The van der Waals surface area contributed by atoms with Gasteiger partial charge in [0.15, 0.2) is 5.96 Å². The molecule has 0 bridgehead atoms. The second kappa shape index (κ2) is 11.5. The molecular formula is C23H30ClN5O4S. The lowest BCUT2D eigenvalue weighted by molar-refractivity contribution is 0.102. The number of anilines is 1. The number of amides is 1. The Kier molecular flexibility index (Phi) is 8.76. The van der Waals surface area contributed by atoms with Gasteiger partial charge in [0.2, 0.25) is 10.0 Å². The van der Waals surface area contributed by atoms with E-state index in [0.29, 0.717) is 18.0 Å².